The van der Waals surface area contributed by atoms with Crippen LogP contribution < -0.4 is 14.8 Å². The molecule has 1 aliphatic rings. The summed E-state index contributed by atoms with van der Waals surface area (Å²) in [6.07, 6.45) is 0. The Bertz CT molecular complexity index is 411. The largest absolute Gasteiger partial charge is 0.497 e. The fourth-order valence-corrected chi connectivity index (χ4v) is 2.50. The number of hydrogen-bond donors (Lipinski definition) is 2. The Morgan fingerprint density at radius 3 is 2.50 bits per heavy atom. The number of benzene rings is 1. The lowest BCUT2D eigenvalue weighted by molar-refractivity contribution is 0.109. The molecule has 1 heterocycles. The van der Waals surface area contributed by atoms with Crippen LogP contribution in [0.15, 0.2) is 18.2 Å². The van der Waals surface area contributed by atoms with E-state index in [0.29, 0.717) is 0 Å². The molecule has 20 heavy (non-hydrogen) atoms. The van der Waals surface area contributed by atoms with Crippen molar-refractivity contribution in [1.82, 2.24) is 10.2 Å². The van der Waals surface area contributed by atoms with E-state index in [2.05, 4.69) is 10.2 Å². The first-order chi connectivity index (χ1) is 9.30. The number of ether oxygens (including phenoxy) is 2. The summed E-state index contributed by atoms with van der Waals surface area (Å²) in [5.41, 5.74) is 1.01. The molecule has 5 nitrogen and oxygen atoms in total. The number of rotatable bonds is 5. The fraction of sp³-hybridized carbons (Fsp3) is 0.571. The smallest absolute Gasteiger partial charge is 0.127 e. The predicted octanol–water partition coefficient (Wildman–Crippen LogP) is 1.06. The lowest BCUT2D eigenvalue weighted by Gasteiger charge is -2.34. The maximum Gasteiger partial charge on any atom is 0.127 e. The van der Waals surface area contributed by atoms with E-state index in [1.54, 1.807) is 14.2 Å². The Labute approximate surface area is 126 Å². The van der Waals surface area contributed by atoms with Gasteiger partial charge >= 0.3 is 0 Å². The zero-order valence-corrected chi connectivity index (χ0v) is 12.8. The average Bonchev–Trinajstić information content (AvgIpc) is 2.49. The third-order valence-electron chi connectivity index (χ3n) is 3.56. The van der Waals surface area contributed by atoms with Gasteiger partial charge in [-0.15, -0.1) is 12.4 Å². The van der Waals surface area contributed by atoms with Gasteiger partial charge in [0.1, 0.15) is 11.5 Å². The first-order valence-corrected chi connectivity index (χ1v) is 6.57. The van der Waals surface area contributed by atoms with E-state index < -0.39 is 0 Å². The number of methoxy groups -OCH3 is 2. The lowest BCUT2D eigenvalue weighted by Crippen LogP contribution is -2.46. The van der Waals surface area contributed by atoms with Crippen LogP contribution in [0, 0.1) is 0 Å². The molecule has 0 amide bonds. The minimum absolute atomic E-state index is 0. The van der Waals surface area contributed by atoms with Crippen molar-refractivity contribution in [1.29, 1.82) is 0 Å². The number of piperazine rings is 1. The number of hydrogen-bond acceptors (Lipinski definition) is 5. The first-order valence-electron chi connectivity index (χ1n) is 6.57. The fourth-order valence-electron chi connectivity index (χ4n) is 2.50. The third-order valence-corrected chi connectivity index (χ3v) is 3.56. The van der Waals surface area contributed by atoms with Crippen molar-refractivity contribution in [3.05, 3.63) is 23.8 Å². The molecule has 0 aromatic heterocycles. The van der Waals surface area contributed by atoms with Gasteiger partial charge in [0.15, 0.2) is 0 Å². The van der Waals surface area contributed by atoms with Gasteiger partial charge in [-0.3, -0.25) is 4.90 Å². The van der Waals surface area contributed by atoms with Crippen LogP contribution in [0.25, 0.3) is 0 Å². The Morgan fingerprint density at radius 2 is 1.95 bits per heavy atom. The molecule has 2 N–H and O–H groups in total. The van der Waals surface area contributed by atoms with E-state index >= 15 is 0 Å². The summed E-state index contributed by atoms with van der Waals surface area (Å²) < 4.78 is 10.6. The van der Waals surface area contributed by atoms with E-state index in [4.69, 9.17) is 9.47 Å². The van der Waals surface area contributed by atoms with Crippen molar-refractivity contribution in [2.45, 2.75) is 6.04 Å². The zero-order valence-electron chi connectivity index (χ0n) is 12.0. The predicted molar refractivity (Wildman–Crippen MR) is 81.1 cm³/mol. The van der Waals surface area contributed by atoms with Crippen LogP contribution in [0.4, 0.5) is 0 Å². The number of halogens is 1. The van der Waals surface area contributed by atoms with Crippen LogP contribution in [0.5, 0.6) is 11.5 Å². The van der Waals surface area contributed by atoms with Crippen molar-refractivity contribution in [3.8, 4) is 11.5 Å². The highest BCUT2D eigenvalue weighted by Crippen LogP contribution is 2.32. The van der Waals surface area contributed by atoms with Crippen molar-refractivity contribution in [2.24, 2.45) is 0 Å². The molecule has 0 saturated carbocycles. The van der Waals surface area contributed by atoms with Gasteiger partial charge < -0.3 is 19.9 Å². The Balaban J connectivity index is 0.00000200. The van der Waals surface area contributed by atoms with E-state index in [0.717, 1.165) is 43.2 Å². The molecular formula is C14H23ClN2O3. The molecule has 1 atom stereocenters. The second-order valence-corrected chi connectivity index (χ2v) is 4.59. The van der Waals surface area contributed by atoms with Gasteiger partial charge in [0, 0.05) is 37.8 Å². The van der Waals surface area contributed by atoms with E-state index in [9.17, 15) is 5.11 Å². The van der Waals surface area contributed by atoms with Crippen LogP contribution in [0.2, 0.25) is 0 Å². The minimum Gasteiger partial charge on any atom is -0.497 e. The molecule has 6 heteroatoms. The number of aliphatic hydroxyl groups excluding tert-OH is 1. The van der Waals surface area contributed by atoms with Gasteiger partial charge in [0.25, 0.3) is 0 Å². The molecule has 114 valence electrons. The topological polar surface area (TPSA) is 54.0 Å². The molecule has 0 unspecified atom stereocenters. The molecule has 1 aromatic rings. The van der Waals surface area contributed by atoms with Crippen molar-refractivity contribution < 1.29 is 14.6 Å². The summed E-state index contributed by atoms with van der Waals surface area (Å²) in [5, 5.41) is 13.0. The standard InChI is InChI=1S/C14H22N2O3.ClH/c1-18-11-3-4-12(14(9-11)19-2)13(10-17)16-7-5-15-6-8-16;/h3-4,9,13,15,17H,5-8,10H2,1-2H3;1H/t13-;/m0./s1. The molecule has 0 bridgehead atoms. The summed E-state index contributed by atoms with van der Waals surface area (Å²) >= 11 is 0. The van der Waals surface area contributed by atoms with Gasteiger partial charge in [-0.05, 0) is 12.1 Å². The molecular weight excluding hydrogens is 280 g/mol. The normalized spacial score (nSPS) is 17.1. The monoisotopic (exact) mass is 302 g/mol. The second kappa shape index (κ2) is 8.32. The molecule has 1 saturated heterocycles. The number of aliphatic hydroxyl groups is 1. The van der Waals surface area contributed by atoms with Crippen LogP contribution in [0.1, 0.15) is 11.6 Å². The highest BCUT2D eigenvalue weighted by atomic mass is 35.5. The summed E-state index contributed by atoms with van der Waals surface area (Å²) in [6, 6.07) is 5.71. The quantitative estimate of drug-likeness (QED) is 0.852. The summed E-state index contributed by atoms with van der Waals surface area (Å²) in [4.78, 5) is 2.28. The third kappa shape index (κ3) is 3.76. The summed E-state index contributed by atoms with van der Waals surface area (Å²) in [6.45, 7) is 3.85. The molecule has 0 radical (unpaired) electrons. The molecule has 0 spiro atoms. The second-order valence-electron chi connectivity index (χ2n) is 4.59. The SMILES string of the molecule is COc1ccc([C@H](CO)N2CCNCC2)c(OC)c1.Cl. The van der Waals surface area contributed by atoms with E-state index in [1.807, 2.05) is 18.2 Å². The van der Waals surface area contributed by atoms with Crippen LogP contribution >= 0.6 is 12.4 Å². The van der Waals surface area contributed by atoms with Gasteiger partial charge in [0.05, 0.1) is 26.9 Å². The Morgan fingerprint density at radius 1 is 1.25 bits per heavy atom. The van der Waals surface area contributed by atoms with Crippen LogP contribution in [-0.4, -0.2) is 57.0 Å². The average molecular weight is 303 g/mol. The number of nitrogens with zero attached hydrogens (tertiary/aromatic N) is 1. The molecule has 0 aliphatic carbocycles. The lowest BCUT2D eigenvalue weighted by atomic mass is 10.0. The minimum atomic E-state index is -0.0250. The van der Waals surface area contributed by atoms with Crippen molar-refractivity contribution in [2.75, 3.05) is 47.0 Å². The van der Waals surface area contributed by atoms with Crippen molar-refractivity contribution >= 4 is 12.4 Å². The van der Waals surface area contributed by atoms with Crippen LogP contribution in [0.3, 0.4) is 0 Å². The molecule has 1 aliphatic heterocycles. The zero-order chi connectivity index (χ0) is 13.7. The number of nitrogens with one attached hydrogen (secondary N) is 1. The summed E-state index contributed by atoms with van der Waals surface area (Å²) in [7, 11) is 3.28. The molecule has 1 fully saturated rings. The molecule has 1 aromatic carbocycles. The maximum atomic E-state index is 9.73. The highest BCUT2D eigenvalue weighted by Gasteiger charge is 2.24. The maximum absolute atomic E-state index is 9.73. The van der Waals surface area contributed by atoms with Gasteiger partial charge in [0.2, 0.25) is 0 Å². The first kappa shape index (κ1) is 17.0. The van der Waals surface area contributed by atoms with Crippen molar-refractivity contribution in [3.63, 3.8) is 0 Å². The van der Waals surface area contributed by atoms with Gasteiger partial charge in [-0.1, -0.05) is 0 Å². The Kier molecular flexibility index (Phi) is 7.09. The molecule has 2 rings (SSSR count). The van der Waals surface area contributed by atoms with E-state index in [1.165, 1.54) is 0 Å². The highest BCUT2D eigenvalue weighted by molar-refractivity contribution is 5.85. The van der Waals surface area contributed by atoms with Gasteiger partial charge in [-0.2, -0.15) is 0 Å². The van der Waals surface area contributed by atoms with Gasteiger partial charge in [-0.25, -0.2) is 0 Å². The summed E-state index contributed by atoms with van der Waals surface area (Å²) in [5.74, 6) is 1.52. The Hall–Kier alpha value is -1.01. The van der Waals surface area contributed by atoms with E-state index in [-0.39, 0.29) is 25.1 Å². The van der Waals surface area contributed by atoms with Crippen LogP contribution in [-0.2, 0) is 0 Å².